The van der Waals surface area contributed by atoms with Crippen molar-refractivity contribution in [1.82, 2.24) is 5.32 Å². The largest absolute Gasteiger partial charge is 0.493 e. The molecule has 1 saturated heterocycles. The van der Waals surface area contributed by atoms with Crippen LogP contribution in [0.15, 0.2) is 71.6 Å². The van der Waals surface area contributed by atoms with Gasteiger partial charge in [0.1, 0.15) is 0 Å². The SMILES string of the molecule is COc1ccc(CCNC(=O)c2ccccc2NS(=O)(=O)c2ccc(N3CCCC3=O)cc2)cc1OC. The first kappa shape index (κ1) is 26.0. The second-order valence-corrected chi connectivity index (χ2v) is 10.2. The highest BCUT2D eigenvalue weighted by Crippen LogP contribution is 2.28. The maximum absolute atomic E-state index is 13.0. The molecule has 4 rings (SSSR count). The van der Waals surface area contributed by atoms with Crippen molar-refractivity contribution in [3.63, 3.8) is 0 Å². The van der Waals surface area contributed by atoms with Gasteiger partial charge in [-0.05, 0) is 66.9 Å². The Bertz CT molecular complexity index is 1390. The lowest BCUT2D eigenvalue weighted by Crippen LogP contribution is -2.27. The lowest BCUT2D eigenvalue weighted by molar-refractivity contribution is -0.117. The van der Waals surface area contributed by atoms with Crippen molar-refractivity contribution in [3.8, 4) is 11.5 Å². The molecule has 0 aliphatic carbocycles. The number of sulfonamides is 1. The van der Waals surface area contributed by atoms with E-state index >= 15 is 0 Å². The average molecular weight is 524 g/mol. The molecule has 1 aliphatic rings. The van der Waals surface area contributed by atoms with Crippen molar-refractivity contribution in [1.29, 1.82) is 0 Å². The van der Waals surface area contributed by atoms with E-state index in [2.05, 4.69) is 10.0 Å². The Labute approximate surface area is 216 Å². The number of benzene rings is 3. The van der Waals surface area contributed by atoms with Crippen LogP contribution in [0, 0.1) is 0 Å². The van der Waals surface area contributed by atoms with E-state index in [1.54, 1.807) is 55.5 Å². The predicted molar refractivity (Wildman–Crippen MR) is 141 cm³/mol. The zero-order chi connectivity index (χ0) is 26.4. The summed E-state index contributed by atoms with van der Waals surface area (Å²) >= 11 is 0. The van der Waals surface area contributed by atoms with Gasteiger partial charge < -0.3 is 19.7 Å². The molecule has 0 atom stereocenters. The summed E-state index contributed by atoms with van der Waals surface area (Å²) in [6, 6.07) is 18.1. The van der Waals surface area contributed by atoms with Gasteiger partial charge >= 0.3 is 0 Å². The first-order valence-corrected chi connectivity index (χ1v) is 13.3. The minimum atomic E-state index is -3.96. The number of amides is 2. The van der Waals surface area contributed by atoms with E-state index in [0.717, 1.165) is 12.0 Å². The van der Waals surface area contributed by atoms with Crippen LogP contribution in [0.1, 0.15) is 28.8 Å². The lowest BCUT2D eigenvalue weighted by Gasteiger charge is -2.16. The molecular formula is C27H29N3O6S. The Hall–Kier alpha value is -4.05. The van der Waals surface area contributed by atoms with Crippen molar-refractivity contribution in [2.75, 3.05) is 36.9 Å². The summed E-state index contributed by atoms with van der Waals surface area (Å²) in [7, 11) is -0.836. The summed E-state index contributed by atoms with van der Waals surface area (Å²) in [6.45, 7) is 0.962. The molecule has 37 heavy (non-hydrogen) atoms. The van der Waals surface area contributed by atoms with E-state index < -0.39 is 15.9 Å². The third-order valence-corrected chi connectivity index (χ3v) is 7.48. The lowest BCUT2D eigenvalue weighted by atomic mass is 10.1. The molecule has 0 saturated carbocycles. The smallest absolute Gasteiger partial charge is 0.261 e. The average Bonchev–Trinajstić information content (AvgIpc) is 3.34. The number of carbonyl (C=O) groups is 2. The van der Waals surface area contributed by atoms with Gasteiger partial charge in [0.25, 0.3) is 15.9 Å². The van der Waals surface area contributed by atoms with Crippen LogP contribution in [-0.2, 0) is 21.2 Å². The zero-order valence-electron chi connectivity index (χ0n) is 20.7. The van der Waals surface area contributed by atoms with Crippen molar-refractivity contribution in [2.45, 2.75) is 24.2 Å². The molecule has 0 aromatic heterocycles. The van der Waals surface area contributed by atoms with E-state index in [1.807, 2.05) is 12.1 Å². The highest BCUT2D eigenvalue weighted by atomic mass is 32.2. The van der Waals surface area contributed by atoms with E-state index in [4.69, 9.17) is 9.47 Å². The minimum absolute atomic E-state index is 0.0276. The molecule has 3 aromatic carbocycles. The fraction of sp³-hybridized carbons (Fsp3) is 0.259. The number of hydrogen-bond acceptors (Lipinski definition) is 6. The maximum Gasteiger partial charge on any atom is 0.261 e. The quantitative estimate of drug-likeness (QED) is 0.420. The highest BCUT2D eigenvalue weighted by Gasteiger charge is 2.23. The summed E-state index contributed by atoms with van der Waals surface area (Å²) in [6.07, 6.45) is 1.83. The number of nitrogens with one attached hydrogen (secondary N) is 2. The molecule has 1 fully saturated rings. The molecule has 0 radical (unpaired) electrons. The van der Waals surface area contributed by atoms with Crippen LogP contribution < -0.4 is 24.4 Å². The molecule has 1 heterocycles. The fourth-order valence-electron chi connectivity index (χ4n) is 4.15. The predicted octanol–water partition coefficient (Wildman–Crippen LogP) is 3.60. The number of carbonyl (C=O) groups excluding carboxylic acids is 2. The Morgan fingerprint density at radius 1 is 0.973 bits per heavy atom. The summed E-state index contributed by atoms with van der Waals surface area (Å²) in [5.74, 6) is 0.850. The number of anilines is 2. The van der Waals surface area contributed by atoms with Crippen LogP contribution in [0.2, 0.25) is 0 Å². The minimum Gasteiger partial charge on any atom is -0.493 e. The Morgan fingerprint density at radius 2 is 1.70 bits per heavy atom. The number of para-hydroxylation sites is 1. The van der Waals surface area contributed by atoms with Gasteiger partial charge in [0, 0.05) is 25.2 Å². The van der Waals surface area contributed by atoms with E-state index in [1.165, 1.54) is 18.2 Å². The Balaban J connectivity index is 1.42. The monoisotopic (exact) mass is 523 g/mol. The van der Waals surface area contributed by atoms with Crippen molar-refractivity contribution in [2.24, 2.45) is 0 Å². The normalized spacial score (nSPS) is 13.4. The van der Waals surface area contributed by atoms with Crippen LogP contribution in [0.5, 0.6) is 11.5 Å². The second kappa shape index (κ2) is 11.3. The third-order valence-electron chi connectivity index (χ3n) is 6.10. The van der Waals surface area contributed by atoms with Crippen LogP contribution in [0.3, 0.4) is 0 Å². The number of methoxy groups -OCH3 is 2. The Morgan fingerprint density at radius 3 is 2.38 bits per heavy atom. The first-order chi connectivity index (χ1) is 17.8. The molecule has 0 unspecified atom stereocenters. The first-order valence-electron chi connectivity index (χ1n) is 11.8. The molecule has 1 aliphatic heterocycles. The van der Waals surface area contributed by atoms with Crippen molar-refractivity contribution in [3.05, 3.63) is 77.9 Å². The van der Waals surface area contributed by atoms with E-state index in [9.17, 15) is 18.0 Å². The molecule has 0 bridgehead atoms. The molecule has 9 nitrogen and oxygen atoms in total. The van der Waals surface area contributed by atoms with Gasteiger partial charge in [0.15, 0.2) is 11.5 Å². The van der Waals surface area contributed by atoms with Crippen LogP contribution in [0.25, 0.3) is 0 Å². The van der Waals surface area contributed by atoms with Gasteiger partial charge in [0.05, 0.1) is 30.4 Å². The molecule has 3 aromatic rings. The van der Waals surface area contributed by atoms with Crippen LogP contribution in [0.4, 0.5) is 11.4 Å². The van der Waals surface area contributed by atoms with E-state index in [-0.39, 0.29) is 22.1 Å². The summed E-state index contributed by atoms with van der Waals surface area (Å²) < 4.78 is 39.2. The highest BCUT2D eigenvalue weighted by molar-refractivity contribution is 7.92. The van der Waals surface area contributed by atoms with Gasteiger partial charge in [0.2, 0.25) is 5.91 Å². The molecule has 194 valence electrons. The van der Waals surface area contributed by atoms with E-state index in [0.29, 0.717) is 43.1 Å². The third kappa shape index (κ3) is 6.03. The number of hydrogen-bond donors (Lipinski definition) is 2. The van der Waals surface area contributed by atoms with Crippen LogP contribution in [-0.4, -0.2) is 47.5 Å². The Kier molecular flexibility index (Phi) is 7.98. The van der Waals surface area contributed by atoms with Crippen LogP contribution >= 0.6 is 0 Å². The number of rotatable bonds is 10. The zero-order valence-corrected chi connectivity index (χ0v) is 21.5. The topological polar surface area (TPSA) is 114 Å². The number of nitrogens with zero attached hydrogens (tertiary/aromatic N) is 1. The van der Waals surface area contributed by atoms with Crippen molar-refractivity contribution >= 4 is 33.2 Å². The van der Waals surface area contributed by atoms with Gasteiger partial charge in [-0.2, -0.15) is 0 Å². The molecule has 10 heteroatoms. The van der Waals surface area contributed by atoms with Crippen molar-refractivity contribution < 1.29 is 27.5 Å². The summed E-state index contributed by atoms with van der Waals surface area (Å²) in [4.78, 5) is 26.5. The summed E-state index contributed by atoms with van der Waals surface area (Å²) in [5, 5.41) is 2.84. The summed E-state index contributed by atoms with van der Waals surface area (Å²) in [5.41, 5.74) is 1.99. The van der Waals surface area contributed by atoms with Gasteiger partial charge in [-0.25, -0.2) is 8.42 Å². The second-order valence-electron chi connectivity index (χ2n) is 8.49. The fourth-order valence-corrected chi connectivity index (χ4v) is 5.23. The van der Waals surface area contributed by atoms with Gasteiger partial charge in [-0.15, -0.1) is 0 Å². The van der Waals surface area contributed by atoms with Gasteiger partial charge in [-0.1, -0.05) is 18.2 Å². The molecular weight excluding hydrogens is 494 g/mol. The standard InChI is InChI=1S/C27H29N3O6S/c1-35-24-14-9-19(18-25(24)36-2)15-16-28-27(32)22-6-3-4-7-23(22)29-37(33,34)21-12-10-20(11-13-21)30-17-5-8-26(30)31/h3-4,6-7,9-14,18,29H,5,8,15-17H2,1-2H3,(H,28,32). The van der Waals surface area contributed by atoms with Gasteiger partial charge in [-0.3, -0.25) is 14.3 Å². The molecule has 2 N–H and O–H groups in total. The number of ether oxygens (including phenoxy) is 2. The molecule has 0 spiro atoms. The maximum atomic E-state index is 13.0. The molecule has 2 amide bonds.